The lowest BCUT2D eigenvalue weighted by atomic mass is 10.0. The molecule has 0 saturated carbocycles. The molecule has 0 spiro atoms. The number of anilines is 1. The fourth-order valence-corrected chi connectivity index (χ4v) is 4.63. The van der Waals surface area contributed by atoms with Crippen LogP contribution in [0.25, 0.3) is 0 Å². The summed E-state index contributed by atoms with van der Waals surface area (Å²) in [6.45, 7) is 7.23. The molecule has 1 aliphatic rings. The summed E-state index contributed by atoms with van der Waals surface area (Å²) in [5, 5.41) is 2.69. The lowest BCUT2D eigenvalue weighted by Crippen LogP contribution is -2.63. The standard InChI is InChI=1S/C14H21N3O3S/c1-9-7-11(15)10(2)12(8-9)21(19,20)17-6-5-16-13(18)14(17,3)4/h7-8H,5-6,15H2,1-4H3,(H,16,18). The van der Waals surface area contributed by atoms with E-state index in [2.05, 4.69) is 5.32 Å². The fourth-order valence-electron chi connectivity index (χ4n) is 2.54. The lowest BCUT2D eigenvalue weighted by molar-refractivity contribution is -0.131. The molecule has 1 fully saturated rings. The van der Waals surface area contributed by atoms with Gasteiger partial charge in [0.05, 0.1) is 4.90 Å². The Hall–Kier alpha value is -1.60. The number of nitrogen functional groups attached to an aromatic ring is 1. The molecule has 21 heavy (non-hydrogen) atoms. The second kappa shape index (κ2) is 4.99. The first-order valence-electron chi connectivity index (χ1n) is 6.76. The van der Waals surface area contributed by atoms with Gasteiger partial charge in [0.15, 0.2) is 0 Å². The van der Waals surface area contributed by atoms with Crippen molar-refractivity contribution in [2.45, 2.75) is 38.1 Å². The molecule has 0 aliphatic carbocycles. The molecule has 1 aliphatic heterocycles. The number of piperazine rings is 1. The van der Waals surface area contributed by atoms with Crippen LogP contribution in [-0.4, -0.2) is 37.3 Å². The maximum atomic E-state index is 13.0. The van der Waals surface area contributed by atoms with Gasteiger partial charge >= 0.3 is 0 Å². The van der Waals surface area contributed by atoms with Crippen molar-refractivity contribution in [3.63, 3.8) is 0 Å². The summed E-state index contributed by atoms with van der Waals surface area (Å²) in [5.41, 5.74) is 6.49. The van der Waals surface area contributed by atoms with Gasteiger partial charge in [-0.05, 0) is 51.0 Å². The Balaban J connectivity index is 2.60. The number of amides is 1. The zero-order chi connectivity index (χ0) is 16.0. The summed E-state index contributed by atoms with van der Waals surface area (Å²) in [4.78, 5) is 12.2. The van der Waals surface area contributed by atoms with Gasteiger partial charge in [-0.2, -0.15) is 4.31 Å². The minimum Gasteiger partial charge on any atom is -0.398 e. The van der Waals surface area contributed by atoms with Crippen molar-refractivity contribution in [1.82, 2.24) is 9.62 Å². The third-order valence-corrected chi connectivity index (χ3v) is 6.09. The van der Waals surface area contributed by atoms with Gasteiger partial charge in [0.1, 0.15) is 5.54 Å². The van der Waals surface area contributed by atoms with Crippen LogP contribution in [0.5, 0.6) is 0 Å². The molecular weight excluding hydrogens is 290 g/mol. The molecule has 1 saturated heterocycles. The third-order valence-electron chi connectivity index (χ3n) is 3.89. The predicted octanol–water partition coefficient (Wildman–Crippen LogP) is 0.785. The highest BCUT2D eigenvalue weighted by atomic mass is 32.2. The number of nitrogens with one attached hydrogen (secondary N) is 1. The largest absolute Gasteiger partial charge is 0.398 e. The van der Waals surface area contributed by atoms with Gasteiger partial charge in [-0.25, -0.2) is 8.42 Å². The average Bonchev–Trinajstić information content (AvgIpc) is 2.36. The highest BCUT2D eigenvalue weighted by Gasteiger charge is 2.45. The van der Waals surface area contributed by atoms with Crippen LogP contribution in [-0.2, 0) is 14.8 Å². The van der Waals surface area contributed by atoms with Crippen LogP contribution < -0.4 is 11.1 Å². The number of rotatable bonds is 2. The van der Waals surface area contributed by atoms with Crippen molar-refractivity contribution in [2.24, 2.45) is 0 Å². The zero-order valence-corrected chi connectivity index (χ0v) is 13.5. The minimum absolute atomic E-state index is 0.169. The SMILES string of the molecule is Cc1cc(N)c(C)c(S(=O)(=O)N2CCNC(=O)C2(C)C)c1. The lowest BCUT2D eigenvalue weighted by Gasteiger charge is -2.40. The number of sulfonamides is 1. The van der Waals surface area contributed by atoms with E-state index in [1.165, 1.54) is 4.31 Å². The number of carbonyl (C=O) groups excluding carboxylic acids is 1. The number of nitrogens with two attached hydrogens (primary N) is 1. The van der Waals surface area contributed by atoms with Gasteiger partial charge in [0, 0.05) is 18.8 Å². The van der Waals surface area contributed by atoms with Crippen molar-refractivity contribution >= 4 is 21.6 Å². The van der Waals surface area contributed by atoms with Gasteiger partial charge < -0.3 is 11.1 Å². The van der Waals surface area contributed by atoms with E-state index in [0.717, 1.165) is 5.56 Å². The topological polar surface area (TPSA) is 92.5 Å². The molecule has 0 radical (unpaired) electrons. The van der Waals surface area contributed by atoms with Gasteiger partial charge in [-0.1, -0.05) is 0 Å². The second-order valence-corrected chi connectivity index (χ2v) is 7.70. The van der Waals surface area contributed by atoms with E-state index in [9.17, 15) is 13.2 Å². The summed E-state index contributed by atoms with van der Waals surface area (Å²) in [6, 6.07) is 3.34. The van der Waals surface area contributed by atoms with Crippen molar-refractivity contribution < 1.29 is 13.2 Å². The smallest absolute Gasteiger partial charge is 0.244 e. The molecule has 1 aromatic carbocycles. The number of nitrogens with zero attached hydrogens (tertiary/aromatic N) is 1. The molecule has 1 amide bonds. The third kappa shape index (κ3) is 2.51. The molecule has 1 heterocycles. The Morgan fingerprint density at radius 2 is 1.90 bits per heavy atom. The van der Waals surface area contributed by atoms with E-state index in [-0.39, 0.29) is 17.3 Å². The summed E-state index contributed by atoms with van der Waals surface area (Å²) < 4.78 is 27.2. The number of hydrogen-bond acceptors (Lipinski definition) is 4. The maximum absolute atomic E-state index is 13.0. The molecule has 0 aromatic heterocycles. The van der Waals surface area contributed by atoms with Crippen LogP contribution >= 0.6 is 0 Å². The molecule has 3 N–H and O–H groups in total. The Morgan fingerprint density at radius 3 is 2.52 bits per heavy atom. The number of aryl methyl sites for hydroxylation is 1. The highest BCUT2D eigenvalue weighted by molar-refractivity contribution is 7.89. The van der Waals surface area contributed by atoms with Crippen molar-refractivity contribution in [3.8, 4) is 0 Å². The Labute approximate surface area is 125 Å². The number of benzene rings is 1. The predicted molar refractivity (Wildman–Crippen MR) is 81.3 cm³/mol. The number of carbonyl (C=O) groups is 1. The van der Waals surface area contributed by atoms with Crippen LogP contribution in [0.1, 0.15) is 25.0 Å². The molecule has 6 nitrogen and oxygen atoms in total. The summed E-state index contributed by atoms with van der Waals surface area (Å²) >= 11 is 0. The van der Waals surface area contributed by atoms with Crippen LogP contribution in [0.4, 0.5) is 5.69 Å². The minimum atomic E-state index is -3.79. The quantitative estimate of drug-likeness (QED) is 0.790. The van der Waals surface area contributed by atoms with Crippen LogP contribution in [0, 0.1) is 13.8 Å². The molecule has 0 unspecified atom stereocenters. The molecule has 116 valence electrons. The van der Waals surface area contributed by atoms with Crippen molar-refractivity contribution in [2.75, 3.05) is 18.8 Å². The summed E-state index contributed by atoms with van der Waals surface area (Å²) in [7, 11) is -3.79. The Morgan fingerprint density at radius 1 is 1.29 bits per heavy atom. The first kappa shape index (κ1) is 15.8. The Bertz CT molecular complexity index is 696. The zero-order valence-electron chi connectivity index (χ0n) is 12.7. The monoisotopic (exact) mass is 311 g/mol. The van der Waals surface area contributed by atoms with Crippen LogP contribution in [0.2, 0.25) is 0 Å². The van der Waals surface area contributed by atoms with Crippen molar-refractivity contribution in [3.05, 3.63) is 23.3 Å². The Kier molecular flexibility index (Phi) is 3.75. The molecule has 0 atom stereocenters. The first-order chi connectivity index (χ1) is 9.58. The van der Waals surface area contributed by atoms with Gasteiger partial charge in [-0.3, -0.25) is 4.79 Å². The number of hydrogen-bond donors (Lipinski definition) is 2. The van der Waals surface area contributed by atoms with E-state index in [1.807, 2.05) is 0 Å². The molecular formula is C14H21N3O3S. The summed E-state index contributed by atoms with van der Waals surface area (Å²) in [6.07, 6.45) is 0. The van der Waals surface area contributed by atoms with E-state index >= 15 is 0 Å². The highest BCUT2D eigenvalue weighted by Crippen LogP contribution is 2.31. The molecule has 2 rings (SSSR count). The van der Waals surface area contributed by atoms with Crippen LogP contribution in [0.3, 0.4) is 0 Å². The fraction of sp³-hybridized carbons (Fsp3) is 0.500. The van der Waals surface area contributed by atoms with E-state index < -0.39 is 15.6 Å². The van der Waals surface area contributed by atoms with E-state index in [1.54, 1.807) is 39.8 Å². The van der Waals surface area contributed by atoms with Gasteiger partial charge in [-0.15, -0.1) is 0 Å². The van der Waals surface area contributed by atoms with Crippen molar-refractivity contribution in [1.29, 1.82) is 0 Å². The van der Waals surface area contributed by atoms with Gasteiger partial charge in [0.2, 0.25) is 15.9 Å². The van der Waals surface area contributed by atoms with Crippen LogP contribution in [0.15, 0.2) is 17.0 Å². The second-order valence-electron chi connectivity index (χ2n) is 5.87. The molecule has 7 heteroatoms. The van der Waals surface area contributed by atoms with E-state index in [0.29, 0.717) is 17.8 Å². The first-order valence-corrected chi connectivity index (χ1v) is 8.20. The maximum Gasteiger partial charge on any atom is 0.244 e. The van der Waals surface area contributed by atoms with E-state index in [4.69, 9.17) is 5.73 Å². The average molecular weight is 311 g/mol. The van der Waals surface area contributed by atoms with Gasteiger partial charge in [0.25, 0.3) is 0 Å². The summed E-state index contributed by atoms with van der Waals surface area (Å²) in [5.74, 6) is -0.296. The molecule has 1 aromatic rings. The molecule has 0 bridgehead atoms. The normalized spacial score (nSPS) is 19.3.